The maximum absolute atomic E-state index is 13.7. The molecule has 1 aliphatic rings. The second-order valence-corrected chi connectivity index (χ2v) is 9.24. The third-order valence-electron chi connectivity index (χ3n) is 6.51. The van der Waals surface area contributed by atoms with Gasteiger partial charge in [0, 0.05) is 11.9 Å². The highest BCUT2D eigenvalue weighted by Gasteiger charge is 2.35. The van der Waals surface area contributed by atoms with Crippen molar-refractivity contribution < 1.29 is 18.0 Å². The quantitative estimate of drug-likeness (QED) is 0.415. The van der Waals surface area contributed by atoms with Crippen molar-refractivity contribution in [2.45, 2.75) is 51.1 Å². The number of amides is 1. The highest BCUT2D eigenvalue weighted by molar-refractivity contribution is 5.77. The summed E-state index contributed by atoms with van der Waals surface area (Å²) in [5.41, 5.74) is 8.79. The SMILES string of the molecule is Cc1ccc(CC(N)=O)c(CCc2nc(Nc3ccc(C4CCNCC4)cc3)ncc2C(F)(F)F)c1. The van der Waals surface area contributed by atoms with Crippen LogP contribution in [0.25, 0.3) is 0 Å². The normalized spacial score (nSPS) is 14.6. The number of nitrogens with two attached hydrogens (primary N) is 1. The van der Waals surface area contributed by atoms with Gasteiger partial charge in [-0.1, -0.05) is 35.9 Å². The molecule has 4 N–H and O–H groups in total. The van der Waals surface area contributed by atoms with E-state index in [-0.39, 0.29) is 30.9 Å². The van der Waals surface area contributed by atoms with E-state index in [9.17, 15) is 18.0 Å². The minimum atomic E-state index is -4.58. The van der Waals surface area contributed by atoms with Crippen LogP contribution in [0, 0.1) is 6.92 Å². The lowest BCUT2D eigenvalue weighted by Gasteiger charge is -2.23. The zero-order valence-electron chi connectivity index (χ0n) is 20.2. The van der Waals surface area contributed by atoms with Gasteiger partial charge in [-0.2, -0.15) is 13.2 Å². The van der Waals surface area contributed by atoms with Crippen molar-refractivity contribution in [3.05, 3.63) is 82.2 Å². The first kappa shape index (κ1) is 25.6. The molecule has 3 aromatic rings. The minimum absolute atomic E-state index is 0.0334. The van der Waals surface area contributed by atoms with Gasteiger partial charge < -0.3 is 16.4 Å². The molecule has 190 valence electrons. The molecular formula is C27H30F3N5O. The molecule has 9 heteroatoms. The number of primary amides is 1. The molecule has 0 spiro atoms. The molecule has 6 nitrogen and oxygen atoms in total. The van der Waals surface area contributed by atoms with Crippen LogP contribution in [-0.2, 0) is 30.2 Å². The third kappa shape index (κ3) is 6.60. The molecule has 1 amide bonds. The standard InChI is InChI=1S/C27H30F3N5O/c1-17-2-3-21(15-25(31)36)20(14-17)6-9-24-23(27(28,29)30)16-33-26(35-24)34-22-7-4-18(5-8-22)19-10-12-32-13-11-19/h2-5,7-8,14,16,19,32H,6,9-13,15H2,1H3,(H2,31,36)(H,33,34,35). The van der Waals surface area contributed by atoms with Crippen molar-refractivity contribution in [3.63, 3.8) is 0 Å². The van der Waals surface area contributed by atoms with E-state index < -0.39 is 17.6 Å². The van der Waals surface area contributed by atoms with Crippen molar-refractivity contribution in [3.8, 4) is 0 Å². The molecule has 0 aliphatic carbocycles. The van der Waals surface area contributed by atoms with Gasteiger partial charge in [-0.3, -0.25) is 4.79 Å². The second kappa shape index (κ2) is 11.1. The number of aromatic nitrogens is 2. The van der Waals surface area contributed by atoms with Gasteiger partial charge in [-0.25, -0.2) is 9.97 Å². The number of halogens is 3. The molecule has 0 radical (unpaired) electrons. The van der Waals surface area contributed by atoms with Crippen molar-refractivity contribution in [2.75, 3.05) is 18.4 Å². The average molecular weight is 498 g/mol. The summed E-state index contributed by atoms with van der Waals surface area (Å²) in [4.78, 5) is 19.6. The largest absolute Gasteiger partial charge is 0.419 e. The van der Waals surface area contributed by atoms with Crippen LogP contribution in [0.4, 0.5) is 24.8 Å². The first-order chi connectivity index (χ1) is 17.2. The lowest BCUT2D eigenvalue weighted by molar-refractivity contribution is -0.138. The van der Waals surface area contributed by atoms with E-state index in [1.807, 2.05) is 43.3 Å². The Hall–Kier alpha value is -3.46. The number of rotatable bonds is 8. The van der Waals surface area contributed by atoms with Crippen LogP contribution in [0.1, 0.15) is 52.3 Å². The number of benzene rings is 2. The maximum atomic E-state index is 13.7. The summed E-state index contributed by atoms with van der Waals surface area (Å²) >= 11 is 0. The highest BCUT2D eigenvalue weighted by atomic mass is 19.4. The van der Waals surface area contributed by atoms with Crippen molar-refractivity contribution >= 4 is 17.5 Å². The Labute approximate surface area is 208 Å². The van der Waals surface area contributed by atoms with E-state index in [1.54, 1.807) is 6.07 Å². The number of anilines is 2. The molecule has 1 aliphatic heterocycles. The Bertz CT molecular complexity index is 1210. The van der Waals surface area contributed by atoms with Crippen LogP contribution in [0.2, 0.25) is 0 Å². The van der Waals surface area contributed by atoms with Gasteiger partial charge in [0.05, 0.1) is 17.7 Å². The Morgan fingerprint density at radius 2 is 1.81 bits per heavy atom. The Balaban J connectivity index is 1.53. The van der Waals surface area contributed by atoms with E-state index in [0.29, 0.717) is 17.2 Å². The number of carbonyl (C=O) groups is 1. The average Bonchev–Trinajstić information content (AvgIpc) is 2.84. The molecule has 0 unspecified atom stereocenters. The van der Waals surface area contributed by atoms with Gasteiger partial charge in [0.2, 0.25) is 11.9 Å². The van der Waals surface area contributed by atoms with Crippen LogP contribution in [0.3, 0.4) is 0 Å². The van der Waals surface area contributed by atoms with Crippen molar-refractivity contribution in [2.24, 2.45) is 5.73 Å². The molecule has 36 heavy (non-hydrogen) atoms. The van der Waals surface area contributed by atoms with E-state index in [1.165, 1.54) is 5.56 Å². The van der Waals surface area contributed by atoms with Gasteiger partial charge in [0.25, 0.3) is 0 Å². The van der Waals surface area contributed by atoms with Crippen LogP contribution >= 0.6 is 0 Å². The topological polar surface area (TPSA) is 92.9 Å². The Morgan fingerprint density at radius 1 is 1.08 bits per heavy atom. The number of aryl methyl sites for hydroxylation is 3. The van der Waals surface area contributed by atoms with Gasteiger partial charge in [0.1, 0.15) is 0 Å². The van der Waals surface area contributed by atoms with Crippen LogP contribution < -0.4 is 16.4 Å². The van der Waals surface area contributed by atoms with E-state index >= 15 is 0 Å². The van der Waals surface area contributed by atoms with Gasteiger partial charge in [0.15, 0.2) is 0 Å². The lowest BCUT2D eigenvalue weighted by Crippen LogP contribution is -2.26. The number of alkyl halides is 3. The molecule has 4 rings (SSSR count). The predicted molar refractivity (Wildman–Crippen MR) is 133 cm³/mol. The van der Waals surface area contributed by atoms with E-state index in [0.717, 1.165) is 43.3 Å². The molecule has 0 bridgehead atoms. The molecule has 1 aromatic heterocycles. The molecular weight excluding hydrogens is 467 g/mol. The van der Waals surface area contributed by atoms with E-state index in [4.69, 9.17) is 5.73 Å². The zero-order valence-corrected chi connectivity index (χ0v) is 20.2. The Morgan fingerprint density at radius 3 is 2.47 bits per heavy atom. The number of hydrogen-bond acceptors (Lipinski definition) is 5. The first-order valence-corrected chi connectivity index (χ1v) is 12.1. The second-order valence-electron chi connectivity index (χ2n) is 9.24. The first-order valence-electron chi connectivity index (χ1n) is 12.1. The van der Waals surface area contributed by atoms with Crippen LogP contribution in [0.5, 0.6) is 0 Å². The number of nitrogens with zero attached hydrogens (tertiary/aromatic N) is 2. The van der Waals surface area contributed by atoms with Crippen LogP contribution in [-0.4, -0.2) is 29.0 Å². The molecule has 2 heterocycles. The monoisotopic (exact) mass is 497 g/mol. The smallest absolute Gasteiger partial charge is 0.369 e. The summed E-state index contributed by atoms with van der Waals surface area (Å²) < 4.78 is 41.1. The summed E-state index contributed by atoms with van der Waals surface area (Å²) in [6, 6.07) is 13.4. The summed E-state index contributed by atoms with van der Waals surface area (Å²) in [5.74, 6) is 0.125. The number of hydrogen-bond donors (Lipinski definition) is 3. The fraction of sp³-hybridized carbons (Fsp3) is 0.370. The van der Waals surface area contributed by atoms with E-state index in [2.05, 4.69) is 20.6 Å². The van der Waals surface area contributed by atoms with Gasteiger partial charge >= 0.3 is 6.18 Å². The number of nitrogens with one attached hydrogen (secondary N) is 2. The minimum Gasteiger partial charge on any atom is -0.369 e. The van der Waals surface area contributed by atoms with Gasteiger partial charge in [-0.15, -0.1) is 0 Å². The van der Waals surface area contributed by atoms with Gasteiger partial charge in [-0.05, 0) is 80.4 Å². The maximum Gasteiger partial charge on any atom is 0.419 e. The van der Waals surface area contributed by atoms with Crippen LogP contribution in [0.15, 0.2) is 48.7 Å². The summed E-state index contributed by atoms with van der Waals surface area (Å²) in [6.45, 7) is 3.89. The Kier molecular flexibility index (Phi) is 7.88. The highest BCUT2D eigenvalue weighted by Crippen LogP contribution is 2.33. The number of piperidine rings is 1. The summed E-state index contributed by atoms with van der Waals surface area (Å²) in [7, 11) is 0. The summed E-state index contributed by atoms with van der Waals surface area (Å²) in [5, 5.41) is 6.39. The molecule has 1 saturated heterocycles. The third-order valence-corrected chi connectivity index (χ3v) is 6.51. The molecule has 0 saturated carbocycles. The lowest BCUT2D eigenvalue weighted by atomic mass is 9.90. The zero-order chi connectivity index (χ0) is 25.7. The molecule has 1 fully saturated rings. The number of carbonyl (C=O) groups excluding carboxylic acids is 1. The molecule has 2 aromatic carbocycles. The fourth-order valence-corrected chi connectivity index (χ4v) is 4.63. The predicted octanol–water partition coefficient (Wildman–Crippen LogP) is 4.83. The molecule has 0 atom stereocenters. The fourth-order valence-electron chi connectivity index (χ4n) is 4.63. The van der Waals surface area contributed by atoms with Crippen molar-refractivity contribution in [1.82, 2.24) is 15.3 Å². The summed E-state index contributed by atoms with van der Waals surface area (Å²) in [6.07, 6.45) is -1.22. The van der Waals surface area contributed by atoms with Crippen molar-refractivity contribution in [1.29, 1.82) is 0 Å².